The lowest BCUT2D eigenvalue weighted by Gasteiger charge is -2.37. The average Bonchev–Trinajstić information content (AvgIpc) is 3.07. The quantitative estimate of drug-likeness (QED) is 0.431. The zero-order valence-electron chi connectivity index (χ0n) is 15.6. The second-order valence-electron chi connectivity index (χ2n) is 6.58. The van der Waals surface area contributed by atoms with Crippen LogP contribution in [0.2, 0.25) is 0 Å². The second-order valence-corrected chi connectivity index (χ2v) is 9.29. The topological polar surface area (TPSA) is 64.6 Å². The van der Waals surface area contributed by atoms with Crippen LogP contribution in [-0.4, -0.2) is 36.6 Å². The molecule has 1 aromatic carbocycles. The van der Waals surface area contributed by atoms with E-state index in [0.29, 0.717) is 0 Å². The summed E-state index contributed by atoms with van der Waals surface area (Å²) in [7, 11) is 2.58. The first-order valence-corrected chi connectivity index (χ1v) is 10.2. The van der Waals surface area contributed by atoms with Gasteiger partial charge in [-0.25, -0.2) is 9.59 Å². The second kappa shape index (κ2) is 7.33. The Morgan fingerprint density at radius 3 is 2.15 bits per heavy atom. The third-order valence-corrected chi connectivity index (χ3v) is 7.59. The third-order valence-electron chi connectivity index (χ3n) is 4.32. The highest BCUT2D eigenvalue weighted by molar-refractivity contribution is 8.29. The molecule has 0 unspecified atom stereocenters. The van der Waals surface area contributed by atoms with E-state index >= 15 is 0 Å². The normalized spacial score (nSPS) is 18.2. The maximum absolute atomic E-state index is 12.2. The molecule has 5 nitrogen and oxygen atoms in total. The van der Waals surface area contributed by atoms with Crippen molar-refractivity contribution in [3.05, 3.63) is 43.4 Å². The van der Waals surface area contributed by atoms with Crippen molar-refractivity contribution in [2.75, 3.05) is 19.5 Å². The fourth-order valence-corrected chi connectivity index (χ4v) is 5.90. The first-order chi connectivity index (χ1) is 12.7. The highest BCUT2D eigenvalue weighted by atomic mass is 32.2. The van der Waals surface area contributed by atoms with Gasteiger partial charge < -0.3 is 14.8 Å². The number of anilines is 1. The molecule has 0 aromatic heterocycles. The monoisotopic (exact) mass is 421 g/mol. The van der Waals surface area contributed by atoms with Gasteiger partial charge in [0.1, 0.15) is 9.81 Å². The van der Waals surface area contributed by atoms with Crippen LogP contribution in [0.3, 0.4) is 0 Å². The first kappa shape index (κ1) is 20.0. The van der Waals surface area contributed by atoms with Crippen molar-refractivity contribution in [2.45, 2.75) is 26.3 Å². The molecular formula is C19H19NO4S3. The Balaban J connectivity index is 2.19. The van der Waals surface area contributed by atoms with E-state index in [-0.39, 0.29) is 9.81 Å². The van der Waals surface area contributed by atoms with Crippen molar-refractivity contribution in [3.8, 4) is 0 Å². The first-order valence-electron chi connectivity index (χ1n) is 8.15. The molecule has 0 spiro atoms. The fourth-order valence-electron chi connectivity index (χ4n) is 2.90. The number of ether oxygens (including phenoxy) is 2. The van der Waals surface area contributed by atoms with Crippen molar-refractivity contribution >= 4 is 63.8 Å². The third kappa shape index (κ3) is 3.41. The molecule has 1 aromatic rings. The molecule has 0 radical (unpaired) electrons. The van der Waals surface area contributed by atoms with Crippen molar-refractivity contribution in [2.24, 2.45) is 0 Å². The summed E-state index contributed by atoms with van der Waals surface area (Å²) >= 11 is 8.20. The van der Waals surface area contributed by atoms with Crippen LogP contribution < -0.4 is 5.32 Å². The number of carbonyl (C=O) groups excluding carboxylic acids is 2. The van der Waals surface area contributed by atoms with Crippen LogP contribution in [0.5, 0.6) is 0 Å². The van der Waals surface area contributed by atoms with Gasteiger partial charge in [0, 0.05) is 21.7 Å². The zero-order chi connectivity index (χ0) is 19.9. The van der Waals surface area contributed by atoms with Gasteiger partial charge >= 0.3 is 11.9 Å². The van der Waals surface area contributed by atoms with E-state index in [1.807, 2.05) is 39.0 Å². The number of hydrogen-bond acceptors (Lipinski definition) is 8. The molecule has 27 heavy (non-hydrogen) atoms. The number of esters is 2. The van der Waals surface area contributed by atoms with Gasteiger partial charge in [-0.15, -0.1) is 0 Å². The van der Waals surface area contributed by atoms with Gasteiger partial charge in [-0.1, -0.05) is 53.9 Å². The predicted molar refractivity (Wildman–Crippen MR) is 115 cm³/mol. The van der Waals surface area contributed by atoms with Gasteiger partial charge in [-0.2, -0.15) is 0 Å². The number of rotatable bonds is 2. The van der Waals surface area contributed by atoms with E-state index < -0.39 is 17.5 Å². The summed E-state index contributed by atoms with van der Waals surface area (Å²) in [6, 6.07) is 6.00. The van der Waals surface area contributed by atoms with Crippen molar-refractivity contribution in [1.29, 1.82) is 0 Å². The van der Waals surface area contributed by atoms with Crippen LogP contribution >= 0.6 is 35.7 Å². The number of para-hydroxylation sites is 1. The largest absolute Gasteiger partial charge is 0.465 e. The maximum Gasteiger partial charge on any atom is 0.346 e. The van der Waals surface area contributed by atoms with E-state index in [2.05, 4.69) is 5.32 Å². The van der Waals surface area contributed by atoms with Crippen LogP contribution in [0.1, 0.15) is 25.0 Å². The minimum atomic E-state index is -0.563. The summed E-state index contributed by atoms with van der Waals surface area (Å²) in [4.78, 5) is 25.6. The highest BCUT2D eigenvalue weighted by Crippen LogP contribution is 2.55. The molecule has 0 bridgehead atoms. The molecular weight excluding hydrogens is 402 g/mol. The van der Waals surface area contributed by atoms with Crippen molar-refractivity contribution < 1.29 is 19.1 Å². The van der Waals surface area contributed by atoms with Gasteiger partial charge in [-0.05, 0) is 26.3 Å². The van der Waals surface area contributed by atoms with Gasteiger partial charge in [0.05, 0.1) is 24.0 Å². The number of hydrogen-bond donors (Lipinski definition) is 1. The Morgan fingerprint density at radius 1 is 1.07 bits per heavy atom. The van der Waals surface area contributed by atoms with E-state index in [1.54, 1.807) is 0 Å². The molecule has 2 aliphatic rings. The molecule has 3 rings (SSSR count). The highest BCUT2D eigenvalue weighted by Gasteiger charge is 2.40. The van der Waals surface area contributed by atoms with Gasteiger partial charge in [0.25, 0.3) is 0 Å². The fraction of sp³-hybridized carbons (Fsp3) is 0.316. The van der Waals surface area contributed by atoms with E-state index in [4.69, 9.17) is 21.7 Å². The maximum atomic E-state index is 12.2. The minimum absolute atomic E-state index is 0.227. The SMILES string of the molecule is COC(=O)C1=C(C(=O)OC)SC(=C2C(=S)C(C)(C)Nc3c(C)cccc32)S1. The van der Waals surface area contributed by atoms with Gasteiger partial charge in [-0.3, -0.25) is 0 Å². The summed E-state index contributed by atoms with van der Waals surface area (Å²) in [6.45, 7) is 6.07. The Hall–Kier alpha value is -1.77. The van der Waals surface area contributed by atoms with Crippen LogP contribution in [0, 0.1) is 6.92 Å². The lowest BCUT2D eigenvalue weighted by molar-refractivity contribution is -0.138. The lowest BCUT2D eigenvalue weighted by atomic mass is 9.84. The van der Waals surface area contributed by atoms with E-state index in [1.165, 1.54) is 37.7 Å². The van der Waals surface area contributed by atoms with Crippen LogP contribution in [0.25, 0.3) is 5.57 Å². The standard InChI is InChI=1S/C19H19NO4S3/c1-9-7-6-8-10-11(15(25)19(2,3)20-12(9)10)18-26-13(16(21)23-4)14(27-18)17(22)24-5/h6-8,20H,1-5H3. The summed E-state index contributed by atoms with van der Waals surface area (Å²) in [5.74, 6) is -1.13. The molecule has 2 heterocycles. The van der Waals surface area contributed by atoms with Crippen LogP contribution in [0.15, 0.2) is 32.2 Å². The average molecular weight is 422 g/mol. The summed E-state index contributed by atoms with van der Waals surface area (Å²) in [5, 5.41) is 3.51. The zero-order valence-corrected chi connectivity index (χ0v) is 18.0. The molecule has 1 N–H and O–H groups in total. The summed E-state index contributed by atoms with van der Waals surface area (Å²) in [5.41, 5.74) is 3.49. The number of thiocarbonyl (C=S) groups is 1. The molecule has 0 saturated heterocycles. The molecule has 0 amide bonds. The number of carbonyl (C=O) groups is 2. The number of aryl methyl sites for hydroxylation is 1. The Bertz CT molecular complexity index is 901. The smallest absolute Gasteiger partial charge is 0.346 e. The number of benzene rings is 1. The summed E-state index contributed by atoms with van der Waals surface area (Å²) < 4.78 is 10.5. The number of thioether (sulfide) groups is 2. The molecule has 0 atom stereocenters. The predicted octanol–water partition coefficient (Wildman–Crippen LogP) is 4.28. The van der Waals surface area contributed by atoms with E-state index in [9.17, 15) is 9.59 Å². The molecule has 0 aliphatic carbocycles. The lowest BCUT2D eigenvalue weighted by Crippen LogP contribution is -2.43. The Labute approximate surface area is 171 Å². The Kier molecular flexibility index (Phi) is 5.42. The molecule has 0 fully saturated rings. The van der Waals surface area contributed by atoms with Gasteiger partial charge in [0.15, 0.2) is 0 Å². The number of fused-ring (bicyclic) bond motifs is 1. The van der Waals surface area contributed by atoms with Crippen molar-refractivity contribution in [1.82, 2.24) is 0 Å². The van der Waals surface area contributed by atoms with Crippen LogP contribution in [0.4, 0.5) is 5.69 Å². The minimum Gasteiger partial charge on any atom is -0.465 e. The molecule has 0 saturated carbocycles. The number of methoxy groups -OCH3 is 2. The summed E-state index contributed by atoms with van der Waals surface area (Å²) in [6.07, 6.45) is 0. The van der Waals surface area contributed by atoms with E-state index in [0.717, 1.165) is 31.5 Å². The Morgan fingerprint density at radius 2 is 1.63 bits per heavy atom. The molecule has 8 heteroatoms. The van der Waals surface area contributed by atoms with Crippen molar-refractivity contribution in [3.63, 3.8) is 0 Å². The molecule has 142 valence electrons. The molecule has 2 aliphatic heterocycles. The van der Waals surface area contributed by atoms with Gasteiger partial charge in [0.2, 0.25) is 0 Å². The number of nitrogens with one attached hydrogen (secondary N) is 1. The van der Waals surface area contributed by atoms with Crippen LogP contribution in [-0.2, 0) is 19.1 Å².